The Morgan fingerprint density at radius 1 is 1.28 bits per heavy atom. The Balaban J connectivity index is 1.30. The van der Waals surface area contributed by atoms with Gasteiger partial charge in [0.1, 0.15) is 6.04 Å². The van der Waals surface area contributed by atoms with Crippen LogP contribution in [0.4, 0.5) is 4.79 Å². The van der Waals surface area contributed by atoms with Crippen LogP contribution in [0.1, 0.15) is 31.7 Å². The molecule has 0 aromatic heterocycles. The van der Waals surface area contributed by atoms with E-state index in [1.54, 1.807) is 18.2 Å². The second-order valence-corrected chi connectivity index (χ2v) is 7.55. The lowest BCUT2D eigenvalue weighted by atomic mass is 10.1. The van der Waals surface area contributed by atoms with Crippen molar-refractivity contribution in [2.75, 3.05) is 26.4 Å². The molecule has 0 unspecified atom stereocenters. The van der Waals surface area contributed by atoms with Crippen molar-refractivity contribution in [3.8, 4) is 11.5 Å². The molecule has 0 saturated carbocycles. The summed E-state index contributed by atoms with van der Waals surface area (Å²) in [6.07, 6.45) is 2.15. The van der Waals surface area contributed by atoms with Gasteiger partial charge in [0.15, 0.2) is 11.5 Å². The van der Waals surface area contributed by atoms with Gasteiger partial charge in [-0.2, -0.15) is 0 Å². The highest BCUT2D eigenvalue weighted by Crippen LogP contribution is 2.33. The van der Waals surface area contributed by atoms with Crippen molar-refractivity contribution in [3.63, 3.8) is 0 Å². The number of carbonyl (C=O) groups is 3. The molecule has 9 nitrogen and oxygen atoms in total. The third-order valence-electron chi connectivity index (χ3n) is 5.71. The summed E-state index contributed by atoms with van der Waals surface area (Å²) in [7, 11) is 0. The number of amides is 4. The number of urea groups is 1. The van der Waals surface area contributed by atoms with Crippen molar-refractivity contribution in [2.45, 2.75) is 44.8 Å². The number of likely N-dealkylation sites (N-methyl/N-ethyl adjacent to an activating group) is 1. The van der Waals surface area contributed by atoms with Crippen LogP contribution in [0.15, 0.2) is 18.2 Å². The minimum Gasteiger partial charge on any atom is -0.454 e. The largest absolute Gasteiger partial charge is 0.454 e. The first-order valence-electron chi connectivity index (χ1n) is 10.1. The maximum absolute atomic E-state index is 12.6. The minimum absolute atomic E-state index is 0.0545. The predicted octanol–water partition coefficient (Wildman–Crippen LogP) is 0.826. The zero-order valence-electron chi connectivity index (χ0n) is 16.5. The number of likely N-dealkylation sites (tertiary alicyclic amines) is 1. The van der Waals surface area contributed by atoms with E-state index >= 15 is 0 Å². The fourth-order valence-electron chi connectivity index (χ4n) is 4.12. The van der Waals surface area contributed by atoms with Crippen LogP contribution in [-0.2, 0) is 16.1 Å². The molecule has 156 valence electrons. The number of imide groups is 1. The summed E-state index contributed by atoms with van der Waals surface area (Å²) < 4.78 is 10.6. The van der Waals surface area contributed by atoms with Crippen LogP contribution in [-0.4, -0.2) is 66.2 Å². The normalized spacial score (nSPS) is 23.6. The maximum Gasteiger partial charge on any atom is 0.325 e. The molecule has 0 bridgehead atoms. The second-order valence-electron chi connectivity index (χ2n) is 7.55. The zero-order chi connectivity index (χ0) is 20.4. The van der Waals surface area contributed by atoms with E-state index in [4.69, 9.17) is 9.47 Å². The van der Waals surface area contributed by atoms with Gasteiger partial charge in [-0.05, 0) is 43.6 Å². The standard InChI is InChI=1S/C20H26N4O5/c1-2-23-7-3-4-14(23)10-21-18(25)9-15-19(26)24(20(27)22-15)11-13-5-6-16-17(8-13)29-12-28-16/h5-6,8,14-15H,2-4,7,9-12H2,1H3,(H,21,25)(H,22,27)/t14-,15-/m1/s1. The fraction of sp³-hybridized carbons (Fsp3) is 0.550. The molecule has 3 aliphatic rings. The zero-order valence-corrected chi connectivity index (χ0v) is 16.5. The quantitative estimate of drug-likeness (QED) is 0.656. The number of ether oxygens (including phenoxy) is 2. The van der Waals surface area contributed by atoms with E-state index in [-0.39, 0.29) is 31.6 Å². The Hall–Kier alpha value is -2.81. The van der Waals surface area contributed by atoms with E-state index in [2.05, 4.69) is 22.5 Å². The number of hydrogen-bond donors (Lipinski definition) is 2. The number of carbonyl (C=O) groups excluding carboxylic acids is 3. The molecule has 4 amide bonds. The molecule has 0 radical (unpaired) electrons. The predicted molar refractivity (Wildman–Crippen MR) is 103 cm³/mol. The lowest BCUT2D eigenvalue weighted by Crippen LogP contribution is -2.42. The smallest absolute Gasteiger partial charge is 0.325 e. The SMILES string of the molecule is CCN1CCC[C@@H]1CNC(=O)C[C@H]1NC(=O)N(Cc2ccc3c(c2)OCO3)C1=O. The summed E-state index contributed by atoms with van der Waals surface area (Å²) in [6.45, 7) is 4.99. The highest BCUT2D eigenvalue weighted by atomic mass is 16.7. The molecule has 2 atom stereocenters. The Kier molecular flexibility index (Phi) is 5.57. The van der Waals surface area contributed by atoms with Gasteiger partial charge in [-0.1, -0.05) is 13.0 Å². The molecule has 2 N–H and O–H groups in total. The minimum atomic E-state index is -0.831. The van der Waals surface area contributed by atoms with Gasteiger partial charge in [0.05, 0.1) is 13.0 Å². The number of hydrogen-bond acceptors (Lipinski definition) is 6. The highest BCUT2D eigenvalue weighted by molar-refractivity contribution is 6.05. The first-order valence-corrected chi connectivity index (χ1v) is 10.1. The van der Waals surface area contributed by atoms with Crippen LogP contribution in [0.2, 0.25) is 0 Å². The number of benzene rings is 1. The van der Waals surface area contributed by atoms with Gasteiger partial charge in [0.25, 0.3) is 5.91 Å². The number of nitrogens with zero attached hydrogens (tertiary/aromatic N) is 2. The lowest BCUT2D eigenvalue weighted by molar-refractivity contribution is -0.131. The lowest BCUT2D eigenvalue weighted by Gasteiger charge is -2.23. The van der Waals surface area contributed by atoms with E-state index in [0.29, 0.717) is 24.1 Å². The van der Waals surface area contributed by atoms with Gasteiger partial charge in [-0.3, -0.25) is 19.4 Å². The van der Waals surface area contributed by atoms with Crippen molar-refractivity contribution < 1.29 is 23.9 Å². The Bertz CT molecular complexity index is 814. The van der Waals surface area contributed by atoms with Crippen molar-refractivity contribution in [3.05, 3.63) is 23.8 Å². The number of fused-ring (bicyclic) bond motifs is 1. The van der Waals surface area contributed by atoms with Gasteiger partial charge in [0.2, 0.25) is 12.7 Å². The van der Waals surface area contributed by atoms with Crippen LogP contribution in [0, 0.1) is 0 Å². The molecule has 4 rings (SSSR count). The van der Waals surface area contributed by atoms with Crippen LogP contribution < -0.4 is 20.1 Å². The molecule has 0 spiro atoms. The number of nitrogens with one attached hydrogen (secondary N) is 2. The molecular weight excluding hydrogens is 376 g/mol. The van der Waals surface area contributed by atoms with Crippen LogP contribution in [0.25, 0.3) is 0 Å². The van der Waals surface area contributed by atoms with Gasteiger partial charge >= 0.3 is 6.03 Å². The second kappa shape index (κ2) is 8.28. The molecular formula is C20H26N4O5. The summed E-state index contributed by atoms with van der Waals surface area (Å²) in [6, 6.07) is 4.32. The van der Waals surface area contributed by atoms with Crippen LogP contribution in [0.3, 0.4) is 0 Å². The molecule has 9 heteroatoms. The van der Waals surface area contributed by atoms with Crippen LogP contribution >= 0.6 is 0 Å². The first kappa shape index (κ1) is 19.5. The molecule has 3 aliphatic heterocycles. The van der Waals surface area contributed by atoms with E-state index in [0.717, 1.165) is 36.4 Å². The summed E-state index contributed by atoms with van der Waals surface area (Å²) in [5, 5.41) is 5.53. The fourth-order valence-corrected chi connectivity index (χ4v) is 4.12. The first-order chi connectivity index (χ1) is 14.0. The van der Waals surface area contributed by atoms with Crippen molar-refractivity contribution in [2.24, 2.45) is 0 Å². The van der Waals surface area contributed by atoms with Crippen molar-refractivity contribution >= 4 is 17.8 Å². The van der Waals surface area contributed by atoms with E-state index in [1.165, 1.54) is 0 Å². The molecule has 1 aromatic rings. The van der Waals surface area contributed by atoms with Gasteiger partial charge in [-0.25, -0.2) is 4.79 Å². The molecule has 3 heterocycles. The highest BCUT2D eigenvalue weighted by Gasteiger charge is 2.39. The Morgan fingerprint density at radius 2 is 2.10 bits per heavy atom. The Labute approximate surface area is 169 Å². The molecule has 2 saturated heterocycles. The van der Waals surface area contributed by atoms with Crippen molar-refractivity contribution in [1.82, 2.24) is 20.4 Å². The molecule has 1 aromatic carbocycles. The summed E-state index contributed by atoms with van der Waals surface area (Å²) >= 11 is 0. The average molecular weight is 402 g/mol. The number of rotatable bonds is 7. The summed E-state index contributed by atoms with van der Waals surface area (Å²) in [4.78, 5) is 40.7. The van der Waals surface area contributed by atoms with Crippen molar-refractivity contribution in [1.29, 1.82) is 0 Å². The molecule has 0 aliphatic carbocycles. The van der Waals surface area contributed by atoms with E-state index in [9.17, 15) is 14.4 Å². The third-order valence-corrected chi connectivity index (χ3v) is 5.71. The van der Waals surface area contributed by atoms with Gasteiger partial charge in [0, 0.05) is 12.6 Å². The topological polar surface area (TPSA) is 100 Å². The Morgan fingerprint density at radius 3 is 2.93 bits per heavy atom. The van der Waals surface area contributed by atoms with Gasteiger partial charge in [-0.15, -0.1) is 0 Å². The third kappa shape index (κ3) is 4.14. The maximum atomic E-state index is 12.6. The average Bonchev–Trinajstić information content (AvgIpc) is 3.42. The monoisotopic (exact) mass is 402 g/mol. The van der Waals surface area contributed by atoms with E-state index in [1.807, 2.05) is 0 Å². The molecule has 2 fully saturated rings. The molecule has 29 heavy (non-hydrogen) atoms. The van der Waals surface area contributed by atoms with Gasteiger partial charge < -0.3 is 20.1 Å². The van der Waals surface area contributed by atoms with Crippen LogP contribution in [0.5, 0.6) is 11.5 Å². The van der Waals surface area contributed by atoms with E-state index < -0.39 is 12.1 Å². The summed E-state index contributed by atoms with van der Waals surface area (Å²) in [5.74, 6) is 0.623. The summed E-state index contributed by atoms with van der Waals surface area (Å²) in [5.41, 5.74) is 0.753.